The Kier molecular flexibility index (Phi) is 11.7. The van der Waals surface area contributed by atoms with Crippen molar-refractivity contribution in [1.29, 1.82) is 0 Å². The van der Waals surface area contributed by atoms with Gasteiger partial charge in [0.15, 0.2) is 0 Å². The summed E-state index contributed by atoms with van der Waals surface area (Å²) in [5.41, 5.74) is 4.43. The maximum atomic E-state index is 6.01. The molecule has 0 saturated heterocycles. The van der Waals surface area contributed by atoms with Crippen molar-refractivity contribution in [2.75, 3.05) is 6.61 Å². The van der Waals surface area contributed by atoms with E-state index in [0.717, 1.165) is 48.9 Å². The van der Waals surface area contributed by atoms with Crippen LogP contribution in [-0.4, -0.2) is 6.61 Å². The third kappa shape index (κ3) is 9.05. The zero-order valence-electron chi connectivity index (χ0n) is 23.8. The molecular weight excluding hydrogens is 448 g/mol. The van der Waals surface area contributed by atoms with Crippen molar-refractivity contribution in [1.82, 2.24) is 0 Å². The Labute approximate surface area is 228 Å². The van der Waals surface area contributed by atoms with Gasteiger partial charge in [-0.25, -0.2) is 0 Å². The van der Waals surface area contributed by atoms with E-state index in [1.807, 2.05) is 0 Å². The van der Waals surface area contributed by atoms with Gasteiger partial charge >= 0.3 is 0 Å². The number of hydrogen-bond acceptors (Lipinski definition) is 1. The number of aryl methyl sites for hydroxylation is 2. The minimum atomic E-state index is 0.767. The molecule has 0 aromatic heterocycles. The zero-order valence-corrected chi connectivity index (χ0v) is 23.8. The molecule has 0 aliphatic heterocycles. The Balaban J connectivity index is 1.13. The molecule has 1 saturated carbocycles. The summed E-state index contributed by atoms with van der Waals surface area (Å²) in [4.78, 5) is 0. The summed E-state index contributed by atoms with van der Waals surface area (Å²) in [6.07, 6.45) is 25.0. The van der Waals surface area contributed by atoms with Gasteiger partial charge in [-0.2, -0.15) is 0 Å². The average molecular weight is 501 g/mol. The third-order valence-corrected chi connectivity index (χ3v) is 9.13. The first kappa shape index (κ1) is 28.0. The lowest BCUT2D eigenvalue weighted by molar-refractivity contribution is 0.239. The molecule has 0 bridgehead atoms. The molecule has 1 nitrogen and oxygen atoms in total. The summed E-state index contributed by atoms with van der Waals surface area (Å²) in [5, 5.41) is 0. The largest absolute Gasteiger partial charge is 0.494 e. The molecule has 2 atom stereocenters. The van der Waals surface area contributed by atoms with E-state index in [2.05, 4.69) is 74.5 Å². The molecule has 2 aromatic rings. The van der Waals surface area contributed by atoms with Crippen LogP contribution in [0.3, 0.4) is 0 Å². The van der Waals surface area contributed by atoms with Gasteiger partial charge in [-0.1, -0.05) is 88.1 Å². The molecule has 2 aromatic carbocycles. The van der Waals surface area contributed by atoms with Crippen LogP contribution in [0.1, 0.15) is 120 Å². The van der Waals surface area contributed by atoms with Gasteiger partial charge in [0.25, 0.3) is 0 Å². The molecule has 0 N–H and O–H groups in total. The summed E-state index contributed by atoms with van der Waals surface area (Å²) in [5.74, 6) is 4.42. The number of benzene rings is 2. The van der Waals surface area contributed by atoms with Gasteiger partial charge in [0, 0.05) is 0 Å². The second kappa shape index (κ2) is 15.4. The van der Waals surface area contributed by atoms with Gasteiger partial charge in [-0.3, -0.25) is 0 Å². The van der Waals surface area contributed by atoms with Gasteiger partial charge in [0.05, 0.1) is 6.61 Å². The van der Waals surface area contributed by atoms with Crippen LogP contribution in [0.15, 0.2) is 60.7 Å². The Bertz CT molecular complexity index is 901. The lowest BCUT2D eigenvalue weighted by Crippen LogP contribution is -2.22. The molecule has 202 valence electrons. The standard InChI is InChI=1S/C36H52O/c1-3-5-7-10-30-16-26-36(27-17-30)37-28-8-11-31-14-20-33(21-15-31)35-24-22-34(23-25-35)32-18-12-29(13-19-32)9-6-4-2/h12,14-18,20-21,26-27,29,32,34-35H,3-11,13,19,22-25,28H2,1-2H3. The van der Waals surface area contributed by atoms with Crippen molar-refractivity contribution < 1.29 is 4.74 Å². The first-order chi connectivity index (χ1) is 18.2. The van der Waals surface area contributed by atoms with Gasteiger partial charge in [-0.05, 0) is 123 Å². The van der Waals surface area contributed by atoms with Crippen molar-refractivity contribution in [2.45, 2.75) is 116 Å². The third-order valence-electron chi connectivity index (χ3n) is 9.13. The Morgan fingerprint density at radius 1 is 0.649 bits per heavy atom. The van der Waals surface area contributed by atoms with Gasteiger partial charge in [-0.15, -0.1) is 0 Å². The van der Waals surface area contributed by atoms with Gasteiger partial charge < -0.3 is 4.74 Å². The monoisotopic (exact) mass is 500 g/mol. The highest BCUT2D eigenvalue weighted by atomic mass is 16.5. The van der Waals surface area contributed by atoms with E-state index in [-0.39, 0.29) is 0 Å². The number of hydrogen-bond donors (Lipinski definition) is 0. The van der Waals surface area contributed by atoms with Crippen molar-refractivity contribution >= 4 is 0 Å². The molecule has 1 heteroatoms. The highest BCUT2D eigenvalue weighted by Crippen LogP contribution is 2.42. The fourth-order valence-corrected chi connectivity index (χ4v) is 6.63. The molecule has 37 heavy (non-hydrogen) atoms. The van der Waals surface area contributed by atoms with E-state index in [1.54, 1.807) is 5.56 Å². The predicted molar refractivity (Wildman–Crippen MR) is 160 cm³/mol. The van der Waals surface area contributed by atoms with Gasteiger partial charge in [0.2, 0.25) is 0 Å². The second-order valence-corrected chi connectivity index (χ2v) is 11.9. The SMILES string of the molecule is CCCCCc1ccc(OCCCc2ccc(C3CCC(C4C=CC(CCCC)CC4)CC3)cc2)cc1. The molecule has 4 rings (SSSR count). The maximum absolute atomic E-state index is 6.01. The fourth-order valence-electron chi connectivity index (χ4n) is 6.63. The summed E-state index contributed by atoms with van der Waals surface area (Å²) >= 11 is 0. The molecule has 0 radical (unpaired) electrons. The van der Waals surface area contributed by atoms with E-state index >= 15 is 0 Å². The van der Waals surface area contributed by atoms with E-state index < -0.39 is 0 Å². The molecule has 0 heterocycles. The smallest absolute Gasteiger partial charge is 0.119 e. The van der Waals surface area contributed by atoms with Crippen LogP contribution >= 0.6 is 0 Å². The van der Waals surface area contributed by atoms with Crippen molar-refractivity contribution in [3.05, 3.63) is 77.4 Å². The van der Waals surface area contributed by atoms with Crippen LogP contribution in [0.2, 0.25) is 0 Å². The Morgan fingerprint density at radius 3 is 1.97 bits per heavy atom. The number of rotatable bonds is 14. The van der Waals surface area contributed by atoms with Crippen LogP contribution in [0, 0.1) is 17.8 Å². The van der Waals surface area contributed by atoms with Crippen molar-refractivity contribution in [3.63, 3.8) is 0 Å². The first-order valence-corrected chi connectivity index (χ1v) is 15.7. The first-order valence-electron chi connectivity index (χ1n) is 15.7. The fraction of sp³-hybridized carbons (Fsp3) is 0.611. The highest BCUT2D eigenvalue weighted by Gasteiger charge is 2.28. The molecule has 1 fully saturated rings. The highest BCUT2D eigenvalue weighted by molar-refractivity contribution is 5.28. The second-order valence-electron chi connectivity index (χ2n) is 11.9. The average Bonchev–Trinajstić information content (AvgIpc) is 2.96. The van der Waals surface area contributed by atoms with E-state index in [1.165, 1.54) is 94.6 Å². The van der Waals surface area contributed by atoms with Crippen LogP contribution in [0.5, 0.6) is 5.75 Å². The molecule has 2 unspecified atom stereocenters. The van der Waals surface area contributed by atoms with E-state index in [0.29, 0.717) is 0 Å². The summed E-state index contributed by atoms with van der Waals surface area (Å²) in [6, 6.07) is 18.3. The quantitative estimate of drug-likeness (QED) is 0.185. The lowest BCUT2D eigenvalue weighted by Gasteiger charge is -2.35. The predicted octanol–water partition coefficient (Wildman–Crippen LogP) is 10.5. The normalized spacial score (nSPS) is 23.7. The minimum absolute atomic E-state index is 0.767. The Hall–Kier alpha value is -2.02. The minimum Gasteiger partial charge on any atom is -0.494 e. The maximum Gasteiger partial charge on any atom is 0.119 e. The Morgan fingerprint density at radius 2 is 1.32 bits per heavy atom. The molecule has 2 aliphatic rings. The summed E-state index contributed by atoms with van der Waals surface area (Å²) in [7, 11) is 0. The van der Waals surface area contributed by atoms with Crippen LogP contribution in [-0.2, 0) is 12.8 Å². The molecular formula is C36H52O. The molecule has 2 aliphatic carbocycles. The molecule has 0 amide bonds. The zero-order chi connectivity index (χ0) is 25.7. The van der Waals surface area contributed by atoms with E-state index in [4.69, 9.17) is 4.74 Å². The number of unbranched alkanes of at least 4 members (excludes halogenated alkanes) is 3. The van der Waals surface area contributed by atoms with Crippen LogP contribution in [0.4, 0.5) is 0 Å². The number of ether oxygens (including phenoxy) is 1. The van der Waals surface area contributed by atoms with E-state index in [9.17, 15) is 0 Å². The van der Waals surface area contributed by atoms with Gasteiger partial charge in [0.1, 0.15) is 5.75 Å². The summed E-state index contributed by atoms with van der Waals surface area (Å²) in [6.45, 7) is 5.36. The topological polar surface area (TPSA) is 9.23 Å². The van der Waals surface area contributed by atoms with Crippen LogP contribution < -0.4 is 4.74 Å². The molecule has 0 spiro atoms. The lowest BCUT2D eigenvalue weighted by atomic mass is 9.70. The van der Waals surface area contributed by atoms with Crippen LogP contribution in [0.25, 0.3) is 0 Å². The summed E-state index contributed by atoms with van der Waals surface area (Å²) < 4.78 is 6.01. The van der Waals surface area contributed by atoms with Crippen molar-refractivity contribution in [2.24, 2.45) is 17.8 Å². The van der Waals surface area contributed by atoms with Crippen molar-refractivity contribution in [3.8, 4) is 5.75 Å². The number of allylic oxidation sites excluding steroid dienone is 2.